The Bertz CT molecular complexity index is 913. The largest absolute Gasteiger partial charge is 0.493 e. The number of hydrogen-bond donors (Lipinski definition) is 3. The molecular formula is C21H28N4O3S. The van der Waals surface area contributed by atoms with E-state index in [0.29, 0.717) is 25.0 Å². The van der Waals surface area contributed by atoms with Crippen molar-refractivity contribution in [1.29, 1.82) is 0 Å². The molecule has 156 valence electrons. The van der Waals surface area contributed by atoms with Crippen molar-refractivity contribution in [2.45, 2.75) is 24.3 Å². The maximum Gasteiger partial charge on any atom is 0.240 e. The molecule has 3 rings (SSSR count). The first kappa shape index (κ1) is 21.1. The molecule has 0 atom stereocenters. The van der Waals surface area contributed by atoms with E-state index in [4.69, 9.17) is 4.74 Å². The van der Waals surface area contributed by atoms with E-state index in [2.05, 4.69) is 20.3 Å². The zero-order valence-electron chi connectivity index (χ0n) is 16.6. The number of aliphatic imine (C=N–C) groups is 1. The van der Waals surface area contributed by atoms with Crippen LogP contribution < -0.4 is 20.1 Å². The van der Waals surface area contributed by atoms with Gasteiger partial charge >= 0.3 is 0 Å². The molecule has 1 saturated carbocycles. The van der Waals surface area contributed by atoms with Crippen LogP contribution in [0.5, 0.6) is 5.75 Å². The van der Waals surface area contributed by atoms with Crippen LogP contribution in [0.1, 0.15) is 18.4 Å². The Morgan fingerprint density at radius 3 is 2.48 bits per heavy atom. The number of para-hydroxylation sites is 1. The molecular weight excluding hydrogens is 388 g/mol. The van der Waals surface area contributed by atoms with Gasteiger partial charge in [-0.15, -0.1) is 0 Å². The van der Waals surface area contributed by atoms with Gasteiger partial charge in [-0.25, -0.2) is 13.1 Å². The Morgan fingerprint density at radius 1 is 1.03 bits per heavy atom. The molecule has 1 aliphatic carbocycles. The predicted molar refractivity (Wildman–Crippen MR) is 114 cm³/mol. The summed E-state index contributed by atoms with van der Waals surface area (Å²) in [5.41, 5.74) is 1.06. The molecule has 1 aliphatic rings. The van der Waals surface area contributed by atoms with E-state index in [-0.39, 0.29) is 11.4 Å². The normalized spacial score (nSPS) is 14.4. The third-order valence-corrected chi connectivity index (χ3v) is 6.05. The molecule has 0 aliphatic heterocycles. The van der Waals surface area contributed by atoms with Gasteiger partial charge in [-0.05, 0) is 37.0 Å². The number of hydrogen-bond acceptors (Lipinski definition) is 4. The Labute approximate surface area is 172 Å². The summed E-state index contributed by atoms with van der Waals surface area (Å²) in [6.45, 7) is 1.99. The van der Waals surface area contributed by atoms with E-state index >= 15 is 0 Å². The molecule has 1 fully saturated rings. The molecule has 0 aromatic heterocycles. The number of rotatable bonds is 10. The zero-order chi connectivity index (χ0) is 20.5. The average Bonchev–Trinajstić information content (AvgIpc) is 3.57. The first-order valence-corrected chi connectivity index (χ1v) is 11.3. The van der Waals surface area contributed by atoms with Crippen LogP contribution in [0.2, 0.25) is 0 Å². The van der Waals surface area contributed by atoms with E-state index < -0.39 is 10.0 Å². The summed E-state index contributed by atoms with van der Waals surface area (Å²) in [4.78, 5) is 4.44. The molecule has 0 radical (unpaired) electrons. The molecule has 29 heavy (non-hydrogen) atoms. The van der Waals surface area contributed by atoms with Gasteiger partial charge in [0.2, 0.25) is 10.0 Å². The molecule has 0 saturated heterocycles. The SMILES string of the molecule is CN=C(NCCNS(=O)(=O)c1ccccc1)NCc1ccccc1OCC1CC1. The van der Waals surface area contributed by atoms with Gasteiger partial charge in [-0.2, -0.15) is 0 Å². The smallest absolute Gasteiger partial charge is 0.240 e. The van der Waals surface area contributed by atoms with Crippen LogP contribution in [-0.2, 0) is 16.6 Å². The average molecular weight is 417 g/mol. The van der Waals surface area contributed by atoms with Gasteiger partial charge < -0.3 is 15.4 Å². The van der Waals surface area contributed by atoms with Crippen LogP contribution in [0.3, 0.4) is 0 Å². The number of benzene rings is 2. The van der Waals surface area contributed by atoms with Crippen LogP contribution in [0.4, 0.5) is 0 Å². The molecule has 0 spiro atoms. The Hall–Kier alpha value is -2.58. The van der Waals surface area contributed by atoms with Crippen molar-refractivity contribution in [2.24, 2.45) is 10.9 Å². The van der Waals surface area contributed by atoms with E-state index in [0.717, 1.165) is 17.9 Å². The maximum absolute atomic E-state index is 12.2. The fourth-order valence-electron chi connectivity index (χ4n) is 2.73. The second kappa shape index (κ2) is 10.3. The molecule has 2 aromatic carbocycles. The number of guanidine groups is 1. The zero-order valence-corrected chi connectivity index (χ0v) is 17.4. The Kier molecular flexibility index (Phi) is 7.48. The third-order valence-electron chi connectivity index (χ3n) is 4.58. The fourth-order valence-corrected chi connectivity index (χ4v) is 3.78. The molecule has 8 heteroatoms. The lowest BCUT2D eigenvalue weighted by Gasteiger charge is -2.15. The summed E-state index contributed by atoms with van der Waals surface area (Å²) in [6, 6.07) is 16.3. The van der Waals surface area contributed by atoms with Crippen molar-refractivity contribution in [3.63, 3.8) is 0 Å². The van der Waals surface area contributed by atoms with E-state index in [1.807, 2.05) is 24.3 Å². The van der Waals surface area contributed by atoms with Crippen molar-refractivity contribution in [1.82, 2.24) is 15.4 Å². The van der Waals surface area contributed by atoms with Crippen molar-refractivity contribution in [2.75, 3.05) is 26.7 Å². The van der Waals surface area contributed by atoms with Crippen molar-refractivity contribution < 1.29 is 13.2 Å². The van der Waals surface area contributed by atoms with Crippen LogP contribution in [0, 0.1) is 5.92 Å². The van der Waals surface area contributed by atoms with Gasteiger partial charge in [-0.3, -0.25) is 4.99 Å². The lowest BCUT2D eigenvalue weighted by molar-refractivity contribution is 0.296. The minimum Gasteiger partial charge on any atom is -0.493 e. The fraction of sp³-hybridized carbons (Fsp3) is 0.381. The van der Waals surface area contributed by atoms with E-state index in [9.17, 15) is 8.42 Å². The Morgan fingerprint density at radius 2 is 1.76 bits per heavy atom. The molecule has 0 amide bonds. The lowest BCUT2D eigenvalue weighted by atomic mass is 10.2. The van der Waals surface area contributed by atoms with Gasteiger partial charge in [0.05, 0.1) is 11.5 Å². The summed E-state index contributed by atoms with van der Waals surface area (Å²) in [6.07, 6.45) is 2.51. The summed E-state index contributed by atoms with van der Waals surface area (Å²) in [5.74, 6) is 2.18. The maximum atomic E-state index is 12.2. The molecule has 0 bridgehead atoms. The van der Waals surface area contributed by atoms with Crippen LogP contribution >= 0.6 is 0 Å². The number of ether oxygens (including phenoxy) is 1. The van der Waals surface area contributed by atoms with Gasteiger partial charge in [0.1, 0.15) is 5.75 Å². The summed E-state index contributed by atoms with van der Waals surface area (Å²) >= 11 is 0. The molecule has 0 unspecified atom stereocenters. The van der Waals surface area contributed by atoms with E-state index in [1.165, 1.54) is 12.8 Å². The lowest BCUT2D eigenvalue weighted by Crippen LogP contribution is -2.41. The summed E-state index contributed by atoms with van der Waals surface area (Å²) < 4.78 is 32.9. The van der Waals surface area contributed by atoms with Crippen molar-refractivity contribution >= 4 is 16.0 Å². The molecule has 7 nitrogen and oxygen atoms in total. The van der Waals surface area contributed by atoms with Gasteiger partial charge in [-0.1, -0.05) is 36.4 Å². The first-order chi connectivity index (χ1) is 14.1. The second-order valence-corrected chi connectivity index (χ2v) is 8.69. The van der Waals surface area contributed by atoms with Crippen molar-refractivity contribution in [3.8, 4) is 5.75 Å². The minimum absolute atomic E-state index is 0.249. The van der Waals surface area contributed by atoms with Crippen LogP contribution in [-0.4, -0.2) is 41.1 Å². The molecule has 0 heterocycles. The van der Waals surface area contributed by atoms with Crippen molar-refractivity contribution in [3.05, 3.63) is 60.2 Å². The van der Waals surface area contributed by atoms with Gasteiger partial charge in [0, 0.05) is 32.2 Å². The Balaban J connectivity index is 1.43. The van der Waals surface area contributed by atoms with E-state index in [1.54, 1.807) is 37.4 Å². The van der Waals surface area contributed by atoms with Crippen LogP contribution in [0.25, 0.3) is 0 Å². The number of nitrogens with zero attached hydrogens (tertiary/aromatic N) is 1. The third kappa shape index (κ3) is 6.76. The minimum atomic E-state index is -3.50. The van der Waals surface area contributed by atoms with Gasteiger partial charge in [0.15, 0.2) is 5.96 Å². The highest BCUT2D eigenvalue weighted by atomic mass is 32.2. The predicted octanol–water partition coefficient (Wildman–Crippen LogP) is 2.12. The van der Waals surface area contributed by atoms with Crippen LogP contribution in [0.15, 0.2) is 64.5 Å². The molecule has 3 N–H and O–H groups in total. The molecule has 2 aromatic rings. The number of nitrogens with one attached hydrogen (secondary N) is 3. The number of sulfonamides is 1. The standard InChI is InChI=1S/C21H28N4O3S/c1-22-21(23-13-14-25-29(26,27)19-8-3-2-4-9-19)24-15-18-7-5-6-10-20(18)28-16-17-11-12-17/h2-10,17,25H,11-16H2,1H3,(H2,22,23,24). The highest BCUT2D eigenvalue weighted by Gasteiger charge is 2.22. The quantitative estimate of drug-likeness (QED) is 0.313. The summed E-state index contributed by atoms with van der Waals surface area (Å²) in [7, 11) is -1.82. The highest BCUT2D eigenvalue weighted by Crippen LogP contribution is 2.30. The second-order valence-electron chi connectivity index (χ2n) is 6.93. The first-order valence-electron chi connectivity index (χ1n) is 9.78. The topological polar surface area (TPSA) is 91.8 Å². The summed E-state index contributed by atoms with van der Waals surface area (Å²) in [5, 5.41) is 6.35. The highest BCUT2D eigenvalue weighted by molar-refractivity contribution is 7.89. The monoisotopic (exact) mass is 416 g/mol. The van der Waals surface area contributed by atoms with Gasteiger partial charge in [0.25, 0.3) is 0 Å².